The fourth-order valence-corrected chi connectivity index (χ4v) is 4.27. The Morgan fingerprint density at radius 2 is 1.54 bits per heavy atom. The van der Waals surface area contributed by atoms with Gasteiger partial charge < -0.3 is 24.8 Å². The van der Waals surface area contributed by atoms with E-state index < -0.39 is 0 Å². The quantitative estimate of drug-likeness (QED) is 0.281. The molecule has 0 saturated carbocycles. The summed E-state index contributed by atoms with van der Waals surface area (Å²) in [5, 5.41) is 0. The topological polar surface area (TPSA) is 0 Å². The van der Waals surface area contributed by atoms with Crippen molar-refractivity contribution in [3.63, 3.8) is 0 Å². The molecule has 0 aliphatic heterocycles. The first kappa shape index (κ1) is 31.4. The zero-order valence-electron chi connectivity index (χ0n) is 21.3. The number of fused-ring (bicyclic) bond motifs is 3. The van der Waals surface area contributed by atoms with Gasteiger partial charge in [-0.25, -0.2) is 6.07 Å². The van der Waals surface area contributed by atoms with Crippen molar-refractivity contribution in [1.29, 1.82) is 0 Å². The Morgan fingerprint density at radius 1 is 0.914 bits per heavy atom. The SMILES string of the molecule is CCc1cc(C(C)(C)C)c[cH-]1.C[C](=[Zr+2])c1ccccc1.[Cl-].[Cl-].[c-]1cccc2c1Cc1ccccc1-2. The average molecular weight is 581 g/mol. The molecule has 0 bridgehead atoms. The Bertz CT molecular complexity index is 1140. The van der Waals surface area contributed by atoms with E-state index in [4.69, 9.17) is 0 Å². The van der Waals surface area contributed by atoms with Crippen LogP contribution in [0, 0.1) is 6.07 Å². The molecule has 182 valence electrons. The molecule has 0 unspecified atom stereocenters. The van der Waals surface area contributed by atoms with Crippen LogP contribution in [-0.2, 0) is 42.5 Å². The van der Waals surface area contributed by atoms with Crippen molar-refractivity contribution in [2.45, 2.75) is 52.9 Å². The van der Waals surface area contributed by atoms with Crippen LogP contribution in [0.1, 0.15) is 62.4 Å². The van der Waals surface area contributed by atoms with Crippen LogP contribution in [0.25, 0.3) is 11.1 Å². The maximum absolute atomic E-state index is 3.30. The van der Waals surface area contributed by atoms with Crippen molar-refractivity contribution >= 4 is 3.21 Å². The summed E-state index contributed by atoms with van der Waals surface area (Å²) in [6, 6.07) is 35.3. The van der Waals surface area contributed by atoms with Crippen LogP contribution in [0.15, 0.2) is 91.0 Å². The third-order valence-electron chi connectivity index (χ3n) is 5.92. The fraction of sp³-hybridized carbons (Fsp3) is 0.250. The smallest absolute Gasteiger partial charge is 0.0253 e. The maximum Gasteiger partial charge on any atom is -0.0253 e. The molecule has 0 heterocycles. The molecule has 0 N–H and O–H groups in total. The molecule has 0 nitrogen and oxygen atoms in total. The second-order valence-electron chi connectivity index (χ2n) is 9.50. The van der Waals surface area contributed by atoms with Gasteiger partial charge in [-0.2, -0.15) is 53.1 Å². The predicted octanol–water partition coefficient (Wildman–Crippen LogP) is 2.11. The Hall–Kier alpha value is -1.66. The van der Waals surface area contributed by atoms with E-state index in [2.05, 4.69) is 120 Å². The number of halogens is 2. The van der Waals surface area contributed by atoms with E-state index in [1.54, 1.807) is 0 Å². The molecule has 4 aromatic carbocycles. The van der Waals surface area contributed by atoms with E-state index in [0.29, 0.717) is 5.41 Å². The Kier molecular flexibility index (Phi) is 13.3. The zero-order valence-corrected chi connectivity index (χ0v) is 25.3. The Morgan fingerprint density at radius 3 is 2.09 bits per heavy atom. The van der Waals surface area contributed by atoms with Crippen LogP contribution in [-0.4, -0.2) is 3.21 Å². The van der Waals surface area contributed by atoms with Crippen LogP contribution in [0.3, 0.4) is 0 Å². The Labute approximate surface area is 239 Å². The van der Waals surface area contributed by atoms with Crippen molar-refractivity contribution in [3.8, 4) is 11.1 Å². The second-order valence-corrected chi connectivity index (χ2v) is 11.3. The van der Waals surface area contributed by atoms with Crippen molar-refractivity contribution < 1.29 is 49.0 Å². The van der Waals surface area contributed by atoms with E-state index in [-0.39, 0.29) is 24.8 Å². The maximum atomic E-state index is 3.30. The van der Waals surface area contributed by atoms with Gasteiger partial charge in [0.1, 0.15) is 0 Å². The third kappa shape index (κ3) is 9.06. The summed E-state index contributed by atoms with van der Waals surface area (Å²) in [6.45, 7) is 11.1. The molecule has 0 radical (unpaired) electrons. The molecule has 1 aliphatic rings. The molecule has 35 heavy (non-hydrogen) atoms. The number of hydrogen-bond acceptors (Lipinski definition) is 0. The van der Waals surface area contributed by atoms with Crippen LogP contribution >= 0.6 is 0 Å². The number of aryl methyl sites for hydroxylation is 1. The summed E-state index contributed by atoms with van der Waals surface area (Å²) in [4.78, 5) is 0. The molecular weight excluding hydrogens is 546 g/mol. The van der Waals surface area contributed by atoms with Crippen molar-refractivity contribution in [2.75, 3.05) is 0 Å². The number of benzene rings is 3. The molecule has 0 spiro atoms. The number of rotatable bonds is 2. The molecule has 0 fully saturated rings. The van der Waals surface area contributed by atoms with Gasteiger partial charge in [0.2, 0.25) is 0 Å². The van der Waals surface area contributed by atoms with Gasteiger partial charge in [0.05, 0.1) is 0 Å². The standard InChI is InChI=1S/C13H9.C11H17.C8H8.2ClH.Zr/c1-3-7-12-10(5-1)9-11-6-2-4-8-13(11)12;1-5-9-6-7-10(8-9)11(2,3)4;1-2-8-6-4-3-5-7-8;;;/h1-5,7-8H,9H2;6-8H,5H2,1-4H3;3-7H,1H3;2*1H;/q2*-1;;;;+2/p-2. The summed E-state index contributed by atoms with van der Waals surface area (Å²) in [6.07, 6.45) is 2.20. The third-order valence-corrected chi connectivity index (χ3v) is 6.63. The van der Waals surface area contributed by atoms with E-state index in [0.717, 1.165) is 12.8 Å². The van der Waals surface area contributed by atoms with Gasteiger partial charge in [-0.15, -0.1) is 5.56 Å². The zero-order chi connectivity index (χ0) is 23.8. The van der Waals surface area contributed by atoms with Crippen LogP contribution < -0.4 is 24.8 Å². The van der Waals surface area contributed by atoms with Gasteiger partial charge in [-0.05, 0) is 6.42 Å². The summed E-state index contributed by atoms with van der Waals surface area (Å²) in [5.41, 5.74) is 10.1. The number of hydrogen-bond donors (Lipinski definition) is 0. The average Bonchev–Trinajstić information content (AvgIpc) is 3.45. The van der Waals surface area contributed by atoms with Crippen molar-refractivity contribution in [3.05, 3.63) is 125 Å². The fourth-order valence-electron chi connectivity index (χ4n) is 3.86. The first-order valence-electron chi connectivity index (χ1n) is 11.7. The molecule has 0 aromatic heterocycles. The molecule has 3 heteroatoms. The minimum Gasteiger partial charge on any atom is -1.00 e. The van der Waals surface area contributed by atoms with Crippen LogP contribution in [0.2, 0.25) is 0 Å². The summed E-state index contributed by atoms with van der Waals surface area (Å²) >= 11 is 1.51. The van der Waals surface area contributed by atoms with E-state index in [9.17, 15) is 0 Å². The van der Waals surface area contributed by atoms with Crippen LogP contribution in [0.5, 0.6) is 0 Å². The molecule has 4 aromatic rings. The van der Waals surface area contributed by atoms with E-state index >= 15 is 0 Å². The summed E-state index contributed by atoms with van der Waals surface area (Å²) < 4.78 is 1.46. The van der Waals surface area contributed by atoms with Crippen molar-refractivity contribution in [2.24, 2.45) is 0 Å². The monoisotopic (exact) mass is 578 g/mol. The van der Waals surface area contributed by atoms with Gasteiger partial charge in [-0.3, -0.25) is 0 Å². The molecule has 0 amide bonds. The molecular formula is C32H34Cl2Zr-2. The van der Waals surface area contributed by atoms with Gasteiger partial charge in [0.15, 0.2) is 0 Å². The minimum atomic E-state index is 0. The minimum absolute atomic E-state index is 0. The Balaban J connectivity index is 0.000000260. The first-order chi connectivity index (χ1) is 15.8. The van der Waals surface area contributed by atoms with Crippen molar-refractivity contribution in [1.82, 2.24) is 0 Å². The molecule has 1 aliphatic carbocycles. The molecule has 0 atom stereocenters. The van der Waals surface area contributed by atoms with E-state index in [1.807, 2.05) is 12.1 Å². The van der Waals surface area contributed by atoms with Crippen LogP contribution in [0.4, 0.5) is 0 Å². The van der Waals surface area contributed by atoms with Gasteiger partial charge in [0, 0.05) is 0 Å². The largest absolute Gasteiger partial charge is 1.00 e. The summed E-state index contributed by atoms with van der Waals surface area (Å²) in [5.74, 6) is 0. The second kappa shape index (κ2) is 14.8. The normalized spacial score (nSPS) is 10.7. The first-order valence-corrected chi connectivity index (χ1v) is 13.0. The predicted molar refractivity (Wildman–Crippen MR) is 140 cm³/mol. The van der Waals surface area contributed by atoms with Gasteiger partial charge in [-0.1, -0.05) is 74.9 Å². The molecule has 0 saturated heterocycles. The molecule has 5 rings (SSSR count). The van der Waals surface area contributed by atoms with Gasteiger partial charge >= 0.3 is 70.3 Å². The van der Waals surface area contributed by atoms with Gasteiger partial charge in [0.25, 0.3) is 0 Å². The van der Waals surface area contributed by atoms with E-state index in [1.165, 1.54) is 66.4 Å². The summed E-state index contributed by atoms with van der Waals surface area (Å²) in [7, 11) is 0.